The molecule has 5 heteroatoms. The molecule has 1 aliphatic carbocycles. The van der Waals surface area contributed by atoms with Crippen molar-refractivity contribution >= 4 is 23.6 Å². The van der Waals surface area contributed by atoms with Crippen LogP contribution in [0.2, 0.25) is 0 Å². The maximum absolute atomic E-state index is 5.29. The van der Waals surface area contributed by atoms with Gasteiger partial charge in [0.05, 0.1) is 11.3 Å². The molecule has 92 valence electrons. The molecule has 0 radical (unpaired) electrons. The summed E-state index contributed by atoms with van der Waals surface area (Å²) >= 11 is 5.29. The molecular formula is C12H18N4S. The van der Waals surface area contributed by atoms with Crippen molar-refractivity contribution in [3.8, 4) is 0 Å². The fourth-order valence-corrected chi connectivity index (χ4v) is 2.45. The van der Waals surface area contributed by atoms with Gasteiger partial charge in [-0.3, -0.25) is 5.10 Å². The van der Waals surface area contributed by atoms with Crippen molar-refractivity contribution in [1.29, 1.82) is 0 Å². The van der Waals surface area contributed by atoms with Gasteiger partial charge in [-0.15, -0.1) is 0 Å². The Labute approximate surface area is 106 Å². The Bertz CT molecular complexity index is 541. The van der Waals surface area contributed by atoms with Crippen LogP contribution in [0.1, 0.15) is 45.4 Å². The number of H-pyrrole nitrogens is 2. The zero-order valence-electron chi connectivity index (χ0n) is 10.7. The van der Waals surface area contributed by atoms with Crippen LogP contribution >= 0.6 is 12.2 Å². The summed E-state index contributed by atoms with van der Waals surface area (Å²) in [5, 5.41) is 14.7. The third-order valence-electron chi connectivity index (χ3n) is 2.82. The monoisotopic (exact) mass is 250 g/mol. The van der Waals surface area contributed by atoms with Crippen LogP contribution in [0, 0.1) is 10.1 Å². The minimum atomic E-state index is 0.198. The second kappa shape index (κ2) is 4.22. The summed E-state index contributed by atoms with van der Waals surface area (Å²) in [5.74, 6) is 0. The van der Waals surface area contributed by atoms with Crippen molar-refractivity contribution in [2.75, 3.05) is 0 Å². The summed E-state index contributed by atoms with van der Waals surface area (Å²) in [6.45, 7) is 8.35. The fourth-order valence-electron chi connectivity index (χ4n) is 2.16. The zero-order valence-corrected chi connectivity index (χ0v) is 11.5. The lowest BCUT2D eigenvalue weighted by Gasteiger charge is -2.29. The lowest BCUT2D eigenvalue weighted by Crippen LogP contribution is -2.27. The van der Waals surface area contributed by atoms with Crippen LogP contribution in [0.15, 0.2) is 10.2 Å². The van der Waals surface area contributed by atoms with E-state index < -0.39 is 0 Å². The molecule has 0 atom stereocenters. The van der Waals surface area contributed by atoms with Crippen molar-refractivity contribution in [3.05, 3.63) is 15.9 Å². The van der Waals surface area contributed by atoms with E-state index >= 15 is 0 Å². The van der Waals surface area contributed by atoms with Crippen LogP contribution < -0.4 is 0 Å². The van der Waals surface area contributed by atoms with E-state index in [1.807, 2.05) is 13.8 Å². The summed E-state index contributed by atoms with van der Waals surface area (Å²) in [6, 6.07) is 0. The molecule has 2 rings (SSSR count). The first-order valence-electron chi connectivity index (χ1n) is 5.77. The van der Waals surface area contributed by atoms with Gasteiger partial charge in [-0.25, -0.2) is 0 Å². The highest BCUT2D eigenvalue weighted by Crippen LogP contribution is 2.34. The van der Waals surface area contributed by atoms with Crippen molar-refractivity contribution in [1.82, 2.24) is 10.2 Å². The van der Waals surface area contributed by atoms with Crippen molar-refractivity contribution in [3.63, 3.8) is 0 Å². The van der Waals surface area contributed by atoms with Crippen molar-refractivity contribution in [2.45, 2.75) is 40.5 Å². The Hall–Kier alpha value is -1.23. The molecule has 0 aromatic carbocycles. The van der Waals surface area contributed by atoms with Crippen LogP contribution in [0.4, 0.5) is 0 Å². The molecule has 0 fully saturated rings. The summed E-state index contributed by atoms with van der Waals surface area (Å²) < 4.78 is 0.734. The van der Waals surface area contributed by atoms with E-state index in [1.54, 1.807) is 0 Å². The average molecular weight is 250 g/mol. The molecule has 1 aromatic rings. The third-order valence-corrected chi connectivity index (χ3v) is 3.12. The number of aromatic nitrogens is 2. The molecule has 4 nitrogen and oxygen atoms in total. The first-order valence-corrected chi connectivity index (χ1v) is 6.17. The van der Waals surface area contributed by atoms with Gasteiger partial charge >= 0.3 is 0 Å². The Morgan fingerprint density at radius 1 is 1.24 bits per heavy atom. The molecule has 1 heterocycles. The molecule has 17 heavy (non-hydrogen) atoms. The highest BCUT2D eigenvalue weighted by Gasteiger charge is 2.31. The van der Waals surface area contributed by atoms with E-state index in [2.05, 4.69) is 34.2 Å². The van der Waals surface area contributed by atoms with Gasteiger partial charge in [-0.05, 0) is 32.1 Å². The van der Waals surface area contributed by atoms with Gasteiger partial charge in [-0.1, -0.05) is 26.1 Å². The number of nitrogens with zero attached hydrogens (tertiary/aromatic N) is 2. The molecule has 0 saturated carbocycles. The average Bonchev–Trinajstić information content (AvgIpc) is 2.54. The quantitative estimate of drug-likeness (QED) is 0.449. The third kappa shape index (κ3) is 2.54. The van der Waals surface area contributed by atoms with Crippen molar-refractivity contribution in [2.24, 2.45) is 15.6 Å². The van der Waals surface area contributed by atoms with Gasteiger partial charge in [0.15, 0.2) is 0 Å². The van der Waals surface area contributed by atoms with Crippen LogP contribution in [0.25, 0.3) is 0 Å². The predicted molar refractivity (Wildman–Crippen MR) is 73.4 cm³/mol. The number of aromatic amines is 2. The molecule has 1 aromatic heterocycles. The van der Waals surface area contributed by atoms with E-state index in [0.29, 0.717) is 0 Å². The molecule has 0 bridgehead atoms. The molecule has 0 saturated heterocycles. The number of rotatable bonds is 1. The Morgan fingerprint density at radius 3 is 2.59 bits per heavy atom. The fraction of sp³-hybridized carbons (Fsp3) is 0.583. The summed E-state index contributed by atoms with van der Waals surface area (Å²) in [6.07, 6.45) is 1.90. The highest BCUT2D eigenvalue weighted by atomic mass is 32.1. The van der Waals surface area contributed by atoms with Gasteiger partial charge in [-0.2, -0.15) is 10.2 Å². The predicted octanol–water partition coefficient (Wildman–Crippen LogP) is 3.23. The standard InChI is InChI=1S/C12H18N4S/c1-7(2)13-14-8-5-12(3,4)6-9-10(8)11(17)16-15-9/h5-6H2,1-4H3,(H2,15,16,17)/b14-8-. The van der Waals surface area contributed by atoms with Crippen LogP contribution in [-0.4, -0.2) is 21.6 Å². The van der Waals surface area contributed by atoms with Crippen LogP contribution in [0.5, 0.6) is 0 Å². The lowest BCUT2D eigenvalue weighted by molar-refractivity contribution is 0.368. The van der Waals surface area contributed by atoms with Crippen LogP contribution in [0.3, 0.4) is 0 Å². The van der Waals surface area contributed by atoms with Crippen LogP contribution in [-0.2, 0) is 6.42 Å². The molecule has 0 aliphatic heterocycles. The number of hydrogen-bond acceptors (Lipinski definition) is 3. The van der Waals surface area contributed by atoms with E-state index in [0.717, 1.165) is 40.2 Å². The van der Waals surface area contributed by atoms with Gasteiger partial charge in [0.1, 0.15) is 4.64 Å². The first kappa shape index (κ1) is 12.2. The van der Waals surface area contributed by atoms with E-state index in [1.165, 1.54) is 0 Å². The molecule has 0 spiro atoms. The van der Waals surface area contributed by atoms with Gasteiger partial charge < -0.3 is 5.10 Å². The first-order chi connectivity index (χ1) is 7.89. The smallest absolute Gasteiger partial charge is 0.128 e. The number of nitrogens with one attached hydrogen (secondary N) is 2. The Kier molecular flexibility index (Phi) is 3.03. The molecule has 1 aliphatic rings. The van der Waals surface area contributed by atoms with E-state index in [-0.39, 0.29) is 5.41 Å². The normalized spacial score (nSPS) is 20.1. The topological polar surface area (TPSA) is 56.3 Å². The number of hydrogen-bond donors (Lipinski definition) is 2. The SMILES string of the molecule is CC(C)=N/N=C1/CC(C)(C)Cc2[nH][nH]c(=S)c21. The van der Waals surface area contributed by atoms with Crippen molar-refractivity contribution < 1.29 is 0 Å². The van der Waals surface area contributed by atoms with E-state index in [4.69, 9.17) is 12.2 Å². The lowest BCUT2D eigenvalue weighted by atomic mass is 9.76. The molecule has 0 unspecified atom stereocenters. The van der Waals surface area contributed by atoms with Gasteiger partial charge in [0.2, 0.25) is 0 Å². The second-order valence-corrected chi connectivity index (χ2v) is 5.95. The van der Waals surface area contributed by atoms with Gasteiger partial charge in [0, 0.05) is 11.4 Å². The number of fused-ring (bicyclic) bond motifs is 1. The maximum atomic E-state index is 5.29. The zero-order chi connectivity index (χ0) is 12.6. The summed E-state index contributed by atoms with van der Waals surface area (Å²) in [5.41, 5.74) is 4.33. The van der Waals surface area contributed by atoms with Gasteiger partial charge in [0.25, 0.3) is 0 Å². The molecule has 0 amide bonds. The minimum Gasteiger partial charge on any atom is -0.303 e. The Balaban J connectivity index is 2.53. The largest absolute Gasteiger partial charge is 0.303 e. The molecule has 2 N–H and O–H groups in total. The van der Waals surface area contributed by atoms with E-state index in [9.17, 15) is 0 Å². The molecular weight excluding hydrogens is 232 g/mol. The minimum absolute atomic E-state index is 0.198. The maximum Gasteiger partial charge on any atom is 0.128 e. The highest BCUT2D eigenvalue weighted by molar-refractivity contribution is 7.71. The summed E-state index contributed by atoms with van der Waals surface area (Å²) in [7, 11) is 0. The summed E-state index contributed by atoms with van der Waals surface area (Å²) in [4.78, 5) is 0. The second-order valence-electron chi connectivity index (χ2n) is 5.54. The Morgan fingerprint density at radius 2 is 1.94 bits per heavy atom.